The van der Waals surface area contributed by atoms with Gasteiger partial charge in [0.15, 0.2) is 0 Å². The van der Waals surface area contributed by atoms with Gasteiger partial charge in [-0.25, -0.2) is 0 Å². The Morgan fingerprint density at radius 1 is 1.50 bits per heavy atom. The van der Waals surface area contributed by atoms with E-state index in [1.165, 1.54) is 0 Å². The second-order valence-electron chi connectivity index (χ2n) is 3.60. The lowest BCUT2D eigenvalue weighted by atomic mass is 9.98. The normalized spacial score (nSPS) is 20.0. The molecule has 0 fully saturated rings. The van der Waals surface area contributed by atoms with Crippen molar-refractivity contribution in [3.8, 4) is 5.75 Å². The minimum atomic E-state index is -0.0814. The first kappa shape index (κ1) is 9.06. The van der Waals surface area contributed by atoms with Gasteiger partial charge in [0.1, 0.15) is 5.75 Å². The maximum Gasteiger partial charge on any atom is 0.234 e. The molecule has 1 aromatic rings. The fourth-order valence-electron chi connectivity index (χ4n) is 2.01. The number of anilines is 1. The summed E-state index contributed by atoms with van der Waals surface area (Å²) in [6.45, 7) is 1.98. The van der Waals surface area contributed by atoms with Gasteiger partial charge in [0.05, 0.1) is 5.92 Å². The Kier molecular flexibility index (Phi) is 1.95. The molecular weight excluding hydrogens is 178 g/mol. The van der Waals surface area contributed by atoms with E-state index >= 15 is 0 Å². The third kappa shape index (κ3) is 1.09. The van der Waals surface area contributed by atoms with Crippen molar-refractivity contribution in [2.24, 2.45) is 0 Å². The van der Waals surface area contributed by atoms with E-state index in [1.807, 2.05) is 6.92 Å². The Labute approximate surface area is 83.0 Å². The summed E-state index contributed by atoms with van der Waals surface area (Å²) in [7, 11) is 1.77. The van der Waals surface area contributed by atoms with Crippen LogP contribution in [0.25, 0.3) is 0 Å². The van der Waals surface area contributed by atoms with E-state index in [0.717, 1.165) is 17.7 Å². The van der Waals surface area contributed by atoms with Crippen molar-refractivity contribution in [1.82, 2.24) is 0 Å². The third-order valence-corrected chi connectivity index (χ3v) is 2.78. The molecule has 14 heavy (non-hydrogen) atoms. The van der Waals surface area contributed by atoms with Gasteiger partial charge in [0, 0.05) is 12.7 Å². The van der Waals surface area contributed by atoms with Gasteiger partial charge in [-0.05, 0) is 30.2 Å². The lowest BCUT2D eigenvalue weighted by molar-refractivity contribution is -0.119. The molecule has 1 aliphatic heterocycles. The number of phenols is 1. The first-order valence-electron chi connectivity index (χ1n) is 4.75. The number of fused-ring (bicyclic) bond motifs is 1. The molecule has 0 aromatic heterocycles. The zero-order chi connectivity index (χ0) is 10.3. The number of rotatable bonds is 1. The van der Waals surface area contributed by atoms with Gasteiger partial charge in [0.2, 0.25) is 5.91 Å². The summed E-state index contributed by atoms with van der Waals surface area (Å²) in [4.78, 5) is 13.4. The second-order valence-corrected chi connectivity index (χ2v) is 3.60. The van der Waals surface area contributed by atoms with Crippen molar-refractivity contribution in [3.63, 3.8) is 0 Å². The summed E-state index contributed by atoms with van der Waals surface area (Å²) in [5.41, 5.74) is 1.86. The highest BCUT2D eigenvalue weighted by Gasteiger charge is 2.33. The van der Waals surface area contributed by atoms with Gasteiger partial charge in [-0.1, -0.05) is 6.92 Å². The molecular formula is C11H13NO2. The number of hydrogen-bond donors (Lipinski definition) is 1. The van der Waals surface area contributed by atoms with Crippen LogP contribution in [0.15, 0.2) is 18.2 Å². The molecule has 1 amide bonds. The lowest BCUT2D eigenvalue weighted by Crippen LogP contribution is -2.23. The van der Waals surface area contributed by atoms with E-state index < -0.39 is 0 Å². The summed E-state index contributed by atoms with van der Waals surface area (Å²) in [5.74, 6) is 0.264. The molecule has 1 N–H and O–H groups in total. The summed E-state index contributed by atoms with van der Waals surface area (Å²) in [6, 6.07) is 5.09. The standard InChI is InChI=1S/C11H13NO2/c1-3-8-9-6-7(13)4-5-10(9)12(2)11(8)14/h4-6,8,13H,3H2,1-2H3. The number of carbonyl (C=O) groups excluding carboxylic acids is 1. The van der Waals surface area contributed by atoms with Crippen molar-refractivity contribution in [2.45, 2.75) is 19.3 Å². The SMILES string of the molecule is CCC1C(=O)N(C)c2ccc(O)cc21. The highest BCUT2D eigenvalue weighted by Crippen LogP contribution is 2.39. The van der Waals surface area contributed by atoms with Crippen LogP contribution in [0.1, 0.15) is 24.8 Å². The maximum atomic E-state index is 11.7. The molecule has 2 rings (SSSR count). The van der Waals surface area contributed by atoms with E-state index in [-0.39, 0.29) is 17.6 Å². The van der Waals surface area contributed by atoms with Gasteiger partial charge in [-0.3, -0.25) is 4.79 Å². The maximum absolute atomic E-state index is 11.7. The molecule has 1 atom stereocenters. The molecule has 1 aromatic carbocycles. The van der Waals surface area contributed by atoms with E-state index in [2.05, 4.69) is 0 Å². The van der Waals surface area contributed by atoms with Crippen LogP contribution in [0.3, 0.4) is 0 Å². The van der Waals surface area contributed by atoms with Crippen LogP contribution in [0.5, 0.6) is 5.75 Å². The number of nitrogens with zero attached hydrogens (tertiary/aromatic N) is 1. The Bertz CT molecular complexity index is 387. The minimum absolute atomic E-state index is 0.0814. The molecule has 3 nitrogen and oxygen atoms in total. The average Bonchev–Trinajstić information content (AvgIpc) is 2.39. The Hall–Kier alpha value is -1.51. The van der Waals surface area contributed by atoms with E-state index in [9.17, 15) is 9.90 Å². The molecule has 1 aliphatic rings. The monoisotopic (exact) mass is 191 g/mol. The van der Waals surface area contributed by atoms with Crippen LogP contribution in [0, 0.1) is 0 Å². The lowest BCUT2D eigenvalue weighted by Gasteiger charge is -2.09. The van der Waals surface area contributed by atoms with Gasteiger partial charge in [-0.2, -0.15) is 0 Å². The van der Waals surface area contributed by atoms with E-state index in [1.54, 1.807) is 30.1 Å². The Morgan fingerprint density at radius 2 is 2.21 bits per heavy atom. The van der Waals surface area contributed by atoms with Gasteiger partial charge in [-0.15, -0.1) is 0 Å². The zero-order valence-electron chi connectivity index (χ0n) is 8.32. The molecule has 3 heteroatoms. The summed E-state index contributed by atoms with van der Waals surface area (Å²) in [6.07, 6.45) is 0.777. The molecule has 0 saturated carbocycles. The topological polar surface area (TPSA) is 40.5 Å². The number of benzene rings is 1. The van der Waals surface area contributed by atoms with Gasteiger partial charge in [0.25, 0.3) is 0 Å². The summed E-state index contributed by atoms with van der Waals surface area (Å²) in [5, 5.41) is 9.35. The van der Waals surface area contributed by atoms with Crippen LogP contribution in [0.2, 0.25) is 0 Å². The highest BCUT2D eigenvalue weighted by atomic mass is 16.3. The largest absolute Gasteiger partial charge is 0.508 e. The number of likely N-dealkylation sites (N-methyl/N-ethyl adjacent to an activating group) is 1. The van der Waals surface area contributed by atoms with Crippen LogP contribution in [0.4, 0.5) is 5.69 Å². The summed E-state index contributed by atoms with van der Waals surface area (Å²) >= 11 is 0. The summed E-state index contributed by atoms with van der Waals surface area (Å²) < 4.78 is 0. The zero-order valence-corrected chi connectivity index (χ0v) is 8.32. The number of carbonyl (C=O) groups is 1. The average molecular weight is 191 g/mol. The van der Waals surface area contributed by atoms with Crippen LogP contribution in [-0.4, -0.2) is 18.1 Å². The first-order chi connectivity index (χ1) is 6.65. The second kappa shape index (κ2) is 3.01. The van der Waals surface area contributed by atoms with Crippen LogP contribution >= 0.6 is 0 Å². The van der Waals surface area contributed by atoms with Gasteiger partial charge < -0.3 is 10.0 Å². The number of aromatic hydroxyl groups is 1. The van der Waals surface area contributed by atoms with Gasteiger partial charge >= 0.3 is 0 Å². The molecule has 1 unspecified atom stereocenters. The Balaban J connectivity index is 2.56. The van der Waals surface area contributed by atoms with Crippen molar-refractivity contribution in [1.29, 1.82) is 0 Å². The number of amides is 1. The molecule has 0 saturated heterocycles. The van der Waals surface area contributed by atoms with Crippen molar-refractivity contribution >= 4 is 11.6 Å². The minimum Gasteiger partial charge on any atom is -0.508 e. The van der Waals surface area contributed by atoms with Crippen molar-refractivity contribution in [2.75, 3.05) is 11.9 Å². The predicted molar refractivity (Wildman–Crippen MR) is 54.5 cm³/mol. The fourth-order valence-corrected chi connectivity index (χ4v) is 2.01. The van der Waals surface area contributed by atoms with Crippen LogP contribution < -0.4 is 4.90 Å². The predicted octanol–water partition coefficient (Wildman–Crippen LogP) is 1.86. The smallest absolute Gasteiger partial charge is 0.234 e. The number of phenolic OH excluding ortho intramolecular Hbond substituents is 1. The fraction of sp³-hybridized carbons (Fsp3) is 0.364. The molecule has 0 radical (unpaired) electrons. The molecule has 1 heterocycles. The van der Waals surface area contributed by atoms with Crippen molar-refractivity contribution < 1.29 is 9.90 Å². The van der Waals surface area contributed by atoms with Crippen LogP contribution in [-0.2, 0) is 4.79 Å². The van der Waals surface area contributed by atoms with E-state index in [0.29, 0.717) is 0 Å². The van der Waals surface area contributed by atoms with E-state index in [4.69, 9.17) is 0 Å². The first-order valence-corrected chi connectivity index (χ1v) is 4.75. The molecule has 0 spiro atoms. The molecule has 0 bridgehead atoms. The highest BCUT2D eigenvalue weighted by molar-refractivity contribution is 6.04. The Morgan fingerprint density at radius 3 is 2.86 bits per heavy atom. The van der Waals surface area contributed by atoms with Crippen molar-refractivity contribution in [3.05, 3.63) is 23.8 Å². The third-order valence-electron chi connectivity index (χ3n) is 2.78. The quantitative estimate of drug-likeness (QED) is 0.736. The molecule has 0 aliphatic carbocycles. The molecule has 74 valence electrons. The number of hydrogen-bond acceptors (Lipinski definition) is 2.